The van der Waals surface area contributed by atoms with Gasteiger partial charge in [-0.25, -0.2) is 13.9 Å². The molecule has 5 aromatic rings. The minimum atomic E-state index is -2.82. The number of nitrogens with zero attached hydrogens (tertiary/aromatic N) is 3. The van der Waals surface area contributed by atoms with E-state index in [0.29, 0.717) is 72.6 Å². The number of aliphatic carboxylic acids is 1. The maximum absolute atomic E-state index is 14.4. The van der Waals surface area contributed by atoms with Gasteiger partial charge < -0.3 is 25.6 Å². The van der Waals surface area contributed by atoms with Crippen LogP contribution in [0.3, 0.4) is 0 Å². The summed E-state index contributed by atoms with van der Waals surface area (Å²) in [6, 6.07) is 23.6. The zero-order valence-corrected chi connectivity index (χ0v) is 39.5. The molecule has 2 fully saturated rings. The number of halogens is 1. The molecule has 3 aliphatic rings. The second-order valence-corrected chi connectivity index (χ2v) is 21.4. The van der Waals surface area contributed by atoms with Crippen molar-refractivity contribution < 1.29 is 43.1 Å². The zero-order chi connectivity index (χ0) is 47.8. The maximum Gasteiger partial charge on any atom is 0.349 e. The predicted molar refractivity (Wildman–Crippen MR) is 263 cm³/mol. The molecule has 5 N–H and O–H groups in total. The third-order valence-corrected chi connectivity index (χ3v) is 16.4. The van der Waals surface area contributed by atoms with Crippen molar-refractivity contribution in [2.75, 3.05) is 36.6 Å². The van der Waals surface area contributed by atoms with E-state index in [2.05, 4.69) is 28.4 Å². The summed E-state index contributed by atoms with van der Waals surface area (Å²) < 4.78 is 22.5. The summed E-state index contributed by atoms with van der Waals surface area (Å²) in [6.45, 7) is 8.33. The van der Waals surface area contributed by atoms with Crippen molar-refractivity contribution in [3.8, 4) is 16.2 Å². The number of amides is 2. The molecule has 3 aliphatic heterocycles. The summed E-state index contributed by atoms with van der Waals surface area (Å²) in [4.78, 5) is 64.6. The molecule has 0 radical (unpaired) electrons. The number of hydrogen-bond acceptors (Lipinski definition) is 10. The van der Waals surface area contributed by atoms with E-state index in [1.165, 1.54) is 0 Å². The Morgan fingerprint density at radius 3 is 2.58 bits per heavy atom. The number of piperidine rings is 2. The van der Waals surface area contributed by atoms with Crippen LogP contribution in [-0.4, -0.2) is 97.1 Å². The summed E-state index contributed by atoms with van der Waals surface area (Å²) >= 11 is 7.45. The molecule has 4 aromatic carbocycles. The van der Waals surface area contributed by atoms with Crippen LogP contribution in [0.4, 0.5) is 17.1 Å². The number of aryl methyl sites for hydroxylation is 1. The van der Waals surface area contributed by atoms with Crippen LogP contribution in [0.25, 0.3) is 21.2 Å². The number of anilines is 2. The maximum atomic E-state index is 14.4. The van der Waals surface area contributed by atoms with Crippen LogP contribution in [0.5, 0.6) is 5.75 Å². The number of carbonyl (C=O) groups is 4. The van der Waals surface area contributed by atoms with E-state index in [9.17, 15) is 33.4 Å². The molecule has 2 saturated heterocycles. The van der Waals surface area contributed by atoms with Gasteiger partial charge in [0.2, 0.25) is 5.91 Å². The van der Waals surface area contributed by atoms with E-state index in [-0.39, 0.29) is 45.9 Å². The molecular weight excluding hydrogens is 916 g/mol. The molecule has 2 amide bonds. The topological polar surface area (TPSA) is 198 Å². The molecule has 2 unspecified atom stereocenters. The van der Waals surface area contributed by atoms with Crippen LogP contribution in [0, 0.1) is 4.91 Å². The summed E-state index contributed by atoms with van der Waals surface area (Å²) in [5.41, 5.74) is 5.15. The van der Waals surface area contributed by atoms with E-state index in [1.807, 2.05) is 72.7 Å². The highest BCUT2D eigenvalue weighted by Crippen LogP contribution is 2.46. The van der Waals surface area contributed by atoms with Crippen molar-refractivity contribution in [1.29, 1.82) is 0 Å². The lowest BCUT2D eigenvalue weighted by atomic mass is 9.89. The number of rotatable bonds is 18. The fraction of sp³-hybridized carbons (Fsp3) is 0.327. The van der Waals surface area contributed by atoms with Gasteiger partial charge in [-0.2, -0.15) is 0 Å². The number of carboxylic acids is 2. The summed E-state index contributed by atoms with van der Waals surface area (Å²) in [6.07, 6.45) is 3.88. The molecule has 350 valence electrons. The second kappa shape index (κ2) is 19.2. The van der Waals surface area contributed by atoms with Gasteiger partial charge in [0, 0.05) is 73.8 Å². The number of hydrogen-bond donors (Lipinski definition) is 5. The second-order valence-electron chi connectivity index (χ2n) is 17.7. The Hall–Kier alpha value is -6.11. The van der Waals surface area contributed by atoms with Crippen molar-refractivity contribution in [2.24, 2.45) is 0 Å². The van der Waals surface area contributed by atoms with Gasteiger partial charge in [-0.3, -0.25) is 24.0 Å². The first-order valence-electron chi connectivity index (χ1n) is 21.9. The highest BCUT2D eigenvalue weighted by Gasteiger charge is 2.41. The van der Waals surface area contributed by atoms with E-state index >= 15 is 0 Å². The number of benzene rings is 4. The Morgan fingerprint density at radius 1 is 1.06 bits per heavy atom. The SMILES string of the molecule is C=C1CCC(N2C(=O)c3cccc4c(CCCNC[N+](=O)c5cccc(CS(=C)(=O)N6CC[C@H](Nc7cccc(-c8sc(C(=O)O)c(OCC(=O)O)c8Cl)c7)CC6(C)C)c5)ccc2c34)C(=O)N1. The van der Waals surface area contributed by atoms with Crippen molar-refractivity contribution in [3.05, 3.63) is 123 Å². The van der Waals surface area contributed by atoms with Crippen molar-refractivity contribution in [2.45, 2.75) is 75.7 Å². The molecular formula is C49H52ClN6O9S2+. The van der Waals surface area contributed by atoms with Gasteiger partial charge >= 0.3 is 11.9 Å². The van der Waals surface area contributed by atoms with Crippen LogP contribution in [-0.2, 0) is 31.5 Å². The standard InChI is InChI=1S/C49H51ClN6O9S2/c1-29-16-18-39(46(59)52-29)56-38-19-17-31(36-14-7-15-37(41(36)38)47(56)60)11-8-21-51-28-54(63)35-13-5-9-30(23-35)27-67(4,64)55-22-20-34(25-49(55,2)3)53-33-12-6-10-32(24-33)44-42(50)43(65-26-40(57)58)45(66-44)48(61)62/h5-7,9-10,12-15,17,19,23-24,34,39,51,53H,1,4,8,11,16,18,20-22,25-28H2,2-3H3,(H2-,52,57,58,59,61,62)/p+1/t34-,39?,67?/m0/s1. The van der Waals surface area contributed by atoms with Crippen LogP contribution < -0.4 is 25.6 Å². The van der Waals surface area contributed by atoms with Crippen LogP contribution >= 0.6 is 22.9 Å². The number of ether oxygens (including phenoxy) is 1. The minimum absolute atomic E-state index is 0.00272. The molecule has 1 aromatic heterocycles. The lowest BCUT2D eigenvalue weighted by Crippen LogP contribution is -2.55. The Balaban J connectivity index is 0.840. The van der Waals surface area contributed by atoms with Crippen LogP contribution in [0.1, 0.15) is 77.1 Å². The van der Waals surface area contributed by atoms with Crippen LogP contribution in [0.15, 0.2) is 91.1 Å². The first-order valence-corrected chi connectivity index (χ1v) is 25.0. The molecule has 0 bridgehead atoms. The van der Waals surface area contributed by atoms with Gasteiger partial charge in [0.1, 0.15) is 11.1 Å². The Morgan fingerprint density at radius 2 is 1.84 bits per heavy atom. The van der Waals surface area contributed by atoms with Gasteiger partial charge in [-0.05, 0) is 105 Å². The zero-order valence-electron chi connectivity index (χ0n) is 37.1. The highest BCUT2D eigenvalue weighted by molar-refractivity contribution is 7.97. The minimum Gasteiger partial charge on any atom is -0.479 e. The third-order valence-electron chi connectivity index (χ3n) is 12.4. The Kier molecular flexibility index (Phi) is 13.6. The molecule has 18 heteroatoms. The number of thiophene rings is 1. The van der Waals surface area contributed by atoms with Gasteiger partial charge in [-0.15, -0.1) is 11.3 Å². The van der Waals surface area contributed by atoms with Gasteiger partial charge in [-0.1, -0.05) is 60.6 Å². The lowest BCUT2D eigenvalue weighted by Gasteiger charge is -2.47. The normalized spacial score (nSPS) is 19.0. The van der Waals surface area contributed by atoms with E-state index in [0.717, 1.165) is 55.8 Å². The summed E-state index contributed by atoms with van der Waals surface area (Å²) in [5, 5.41) is 30.3. The summed E-state index contributed by atoms with van der Waals surface area (Å²) in [5.74, 6) is 1.28. The van der Waals surface area contributed by atoms with Gasteiger partial charge in [0.05, 0.1) is 21.1 Å². The fourth-order valence-corrected chi connectivity index (χ4v) is 13.2. The summed E-state index contributed by atoms with van der Waals surface area (Å²) in [7, 11) is -2.82. The lowest BCUT2D eigenvalue weighted by molar-refractivity contribution is -0.468. The number of nitrogens with one attached hydrogen (secondary N) is 3. The number of aromatic carboxylic acids is 1. The van der Waals surface area contributed by atoms with E-state index in [1.54, 1.807) is 29.2 Å². The highest BCUT2D eigenvalue weighted by atomic mass is 35.5. The van der Waals surface area contributed by atoms with Crippen molar-refractivity contribution in [3.63, 3.8) is 0 Å². The number of carbonyl (C=O) groups excluding carboxylic acids is 2. The molecule has 8 rings (SSSR count). The predicted octanol–water partition coefficient (Wildman–Crippen LogP) is 8.21. The molecule has 3 atom stereocenters. The van der Waals surface area contributed by atoms with E-state index < -0.39 is 39.8 Å². The molecule has 0 saturated carbocycles. The number of carboxylic acid groups (broad SMARTS) is 2. The van der Waals surface area contributed by atoms with Gasteiger partial charge in [0.25, 0.3) is 18.3 Å². The van der Waals surface area contributed by atoms with Crippen molar-refractivity contribution in [1.82, 2.24) is 14.9 Å². The quantitative estimate of drug-likeness (QED) is 0.0246. The van der Waals surface area contributed by atoms with E-state index in [4.69, 9.17) is 21.4 Å². The fourth-order valence-electron chi connectivity index (χ4n) is 9.51. The van der Waals surface area contributed by atoms with Gasteiger partial charge in [0.15, 0.2) is 17.2 Å². The number of allylic oxidation sites excluding steroid dienone is 1. The van der Waals surface area contributed by atoms with Crippen LogP contribution in [0.2, 0.25) is 5.02 Å². The molecule has 0 spiro atoms. The third kappa shape index (κ3) is 9.97. The largest absolute Gasteiger partial charge is 0.479 e. The smallest absolute Gasteiger partial charge is 0.349 e. The molecule has 0 aliphatic carbocycles. The first-order chi connectivity index (χ1) is 31.9. The molecule has 15 nitrogen and oxygen atoms in total. The first kappa shape index (κ1) is 47.4. The number of nitroso groups, excluding NO2 is 1. The monoisotopic (exact) mass is 967 g/mol. The molecule has 67 heavy (non-hydrogen) atoms. The average molecular weight is 969 g/mol. The Bertz CT molecular complexity index is 2950. The average Bonchev–Trinajstić information content (AvgIpc) is 3.76. The molecule has 4 heterocycles. The Labute approximate surface area is 397 Å². The van der Waals surface area contributed by atoms with Crippen molar-refractivity contribution >= 4 is 90.1 Å².